The fourth-order valence-electron chi connectivity index (χ4n) is 2.64. The van der Waals surface area contributed by atoms with Crippen molar-refractivity contribution in [2.45, 2.75) is 38.4 Å². The molecule has 1 aromatic rings. The van der Waals surface area contributed by atoms with Crippen LogP contribution in [0.25, 0.3) is 0 Å². The molecule has 1 aliphatic rings. The van der Waals surface area contributed by atoms with Crippen LogP contribution in [-0.2, 0) is 14.3 Å². The highest BCUT2D eigenvalue weighted by Gasteiger charge is 2.35. The van der Waals surface area contributed by atoms with E-state index in [4.69, 9.17) is 14.2 Å². The van der Waals surface area contributed by atoms with Crippen molar-refractivity contribution in [1.29, 1.82) is 0 Å². The molecule has 0 fully saturated rings. The second-order valence-corrected chi connectivity index (χ2v) is 5.26. The lowest BCUT2D eigenvalue weighted by atomic mass is 9.94. The predicted octanol–water partition coefficient (Wildman–Crippen LogP) is 3.31. The number of rotatable bonds is 5. The molecule has 2 atom stereocenters. The van der Waals surface area contributed by atoms with E-state index in [0.717, 1.165) is 24.2 Å². The molecule has 1 heterocycles. The Balaban J connectivity index is 2.37. The highest BCUT2D eigenvalue weighted by atomic mass is 16.5. The molecule has 0 saturated heterocycles. The minimum absolute atomic E-state index is 0.0531. The van der Waals surface area contributed by atoms with Gasteiger partial charge in [0.05, 0.1) is 20.3 Å². The van der Waals surface area contributed by atoms with Crippen molar-refractivity contribution in [3.63, 3.8) is 0 Å². The number of carbonyl (C=O) groups is 1. The van der Waals surface area contributed by atoms with Crippen LogP contribution in [-0.4, -0.2) is 31.4 Å². The molecule has 1 aromatic carbocycles. The van der Waals surface area contributed by atoms with Gasteiger partial charge in [-0.2, -0.15) is 0 Å². The average Bonchev–Trinajstić information content (AvgIpc) is 2.54. The fourth-order valence-corrected chi connectivity index (χ4v) is 2.64. The van der Waals surface area contributed by atoms with Crippen molar-refractivity contribution in [1.82, 2.24) is 0 Å². The van der Waals surface area contributed by atoms with Gasteiger partial charge in [-0.1, -0.05) is 25.5 Å². The first-order valence-corrected chi connectivity index (χ1v) is 7.40. The lowest BCUT2D eigenvalue weighted by Gasteiger charge is -2.31. The molecular formula is C17H22O5. The summed E-state index contributed by atoms with van der Waals surface area (Å²) in [5.41, 5.74) is 0.966. The largest absolute Gasteiger partial charge is 0.512 e. The van der Waals surface area contributed by atoms with Gasteiger partial charge in [0.25, 0.3) is 0 Å². The molecule has 0 amide bonds. The molecule has 0 unspecified atom stereocenters. The zero-order valence-corrected chi connectivity index (χ0v) is 13.2. The summed E-state index contributed by atoms with van der Waals surface area (Å²) in [6, 6.07) is 7.25. The lowest BCUT2D eigenvalue weighted by molar-refractivity contribution is -0.139. The number of hydrogen-bond acceptors (Lipinski definition) is 5. The maximum atomic E-state index is 12.0. The zero-order chi connectivity index (χ0) is 16.1. The van der Waals surface area contributed by atoms with Crippen LogP contribution in [0.4, 0.5) is 0 Å². The van der Waals surface area contributed by atoms with Gasteiger partial charge in [-0.3, -0.25) is 0 Å². The van der Waals surface area contributed by atoms with Crippen LogP contribution in [0.15, 0.2) is 35.6 Å². The predicted molar refractivity (Wildman–Crippen MR) is 81.8 cm³/mol. The molecule has 1 aliphatic heterocycles. The number of carbonyl (C=O) groups excluding carboxylic acids is 1. The molecule has 0 bridgehead atoms. The first kappa shape index (κ1) is 16.4. The Hall–Kier alpha value is -2.01. The first-order valence-electron chi connectivity index (χ1n) is 7.40. The van der Waals surface area contributed by atoms with Gasteiger partial charge in [0.1, 0.15) is 23.2 Å². The van der Waals surface area contributed by atoms with Gasteiger partial charge in [0.2, 0.25) is 0 Å². The first-order chi connectivity index (χ1) is 10.6. The molecule has 120 valence electrons. The van der Waals surface area contributed by atoms with Crippen LogP contribution < -0.4 is 4.74 Å². The van der Waals surface area contributed by atoms with Gasteiger partial charge in [-0.15, -0.1) is 0 Å². The molecule has 0 radical (unpaired) electrons. The molecule has 1 N–H and O–H groups in total. The van der Waals surface area contributed by atoms with E-state index in [-0.39, 0.29) is 17.4 Å². The number of hydrogen-bond donors (Lipinski definition) is 1. The normalized spacial score (nSPS) is 21.6. The molecule has 22 heavy (non-hydrogen) atoms. The quantitative estimate of drug-likeness (QED) is 0.845. The zero-order valence-electron chi connectivity index (χ0n) is 13.2. The van der Waals surface area contributed by atoms with Gasteiger partial charge in [0.15, 0.2) is 0 Å². The van der Waals surface area contributed by atoms with Crippen LogP contribution in [0.2, 0.25) is 0 Å². The molecule has 0 spiro atoms. The molecule has 0 aliphatic carbocycles. The van der Waals surface area contributed by atoms with E-state index in [1.54, 1.807) is 19.2 Å². The van der Waals surface area contributed by atoms with Gasteiger partial charge < -0.3 is 19.3 Å². The third-order valence-electron chi connectivity index (χ3n) is 3.76. The van der Waals surface area contributed by atoms with Crippen LogP contribution in [0.5, 0.6) is 5.75 Å². The second-order valence-electron chi connectivity index (χ2n) is 5.26. The van der Waals surface area contributed by atoms with E-state index in [9.17, 15) is 9.90 Å². The van der Waals surface area contributed by atoms with E-state index in [1.807, 2.05) is 12.1 Å². The molecule has 0 aromatic heterocycles. The van der Waals surface area contributed by atoms with Crippen LogP contribution in [0, 0.1) is 0 Å². The Morgan fingerprint density at radius 3 is 2.55 bits per heavy atom. The summed E-state index contributed by atoms with van der Waals surface area (Å²) in [7, 11) is 2.89. The van der Waals surface area contributed by atoms with Crippen molar-refractivity contribution in [2.24, 2.45) is 0 Å². The highest BCUT2D eigenvalue weighted by molar-refractivity contribution is 5.90. The molecule has 5 heteroatoms. The van der Waals surface area contributed by atoms with Crippen LogP contribution >= 0.6 is 0 Å². The Bertz CT molecular complexity index is 547. The minimum atomic E-state index is -0.622. The van der Waals surface area contributed by atoms with Gasteiger partial charge in [-0.05, 0) is 24.1 Å². The third kappa shape index (κ3) is 3.42. The smallest absolute Gasteiger partial charge is 0.340 e. The molecule has 0 saturated carbocycles. The molecule has 5 nitrogen and oxygen atoms in total. The maximum absolute atomic E-state index is 12.0. The Morgan fingerprint density at radius 2 is 2.00 bits per heavy atom. The lowest BCUT2D eigenvalue weighted by Crippen LogP contribution is -2.29. The Labute approximate surface area is 130 Å². The maximum Gasteiger partial charge on any atom is 0.340 e. The highest BCUT2D eigenvalue weighted by Crippen LogP contribution is 2.37. The number of benzene rings is 1. The Kier molecular flexibility index (Phi) is 5.44. The van der Waals surface area contributed by atoms with Gasteiger partial charge in [-0.25, -0.2) is 4.79 Å². The van der Waals surface area contributed by atoms with Gasteiger partial charge >= 0.3 is 5.97 Å². The van der Waals surface area contributed by atoms with Crippen LogP contribution in [0.1, 0.15) is 37.9 Å². The van der Waals surface area contributed by atoms with Crippen molar-refractivity contribution < 1.29 is 24.1 Å². The summed E-state index contributed by atoms with van der Waals surface area (Å²) in [4.78, 5) is 12.0. The minimum Gasteiger partial charge on any atom is -0.512 e. The van der Waals surface area contributed by atoms with Crippen molar-refractivity contribution >= 4 is 5.97 Å². The number of esters is 1. The van der Waals surface area contributed by atoms with Crippen molar-refractivity contribution in [3.8, 4) is 5.75 Å². The van der Waals surface area contributed by atoms with Gasteiger partial charge in [0, 0.05) is 6.42 Å². The number of ether oxygens (including phenoxy) is 3. The van der Waals surface area contributed by atoms with E-state index >= 15 is 0 Å². The fraction of sp³-hybridized carbons (Fsp3) is 0.471. The standard InChI is InChI=1S/C17H22O5/c1-4-5-13-10-14(18)15(17(19)21-3)16(22-13)11-6-8-12(20-2)9-7-11/h6-9,13,16,18H,4-5,10H2,1-3H3/t13-,16-/m0/s1. The van der Waals surface area contributed by atoms with Crippen molar-refractivity contribution in [3.05, 3.63) is 41.2 Å². The summed E-state index contributed by atoms with van der Waals surface area (Å²) in [5, 5.41) is 10.3. The third-order valence-corrected chi connectivity index (χ3v) is 3.76. The molecular weight excluding hydrogens is 284 g/mol. The summed E-state index contributed by atoms with van der Waals surface area (Å²) in [5.74, 6) is 0.211. The van der Waals surface area contributed by atoms with Crippen LogP contribution in [0.3, 0.4) is 0 Å². The molecule has 2 rings (SSSR count). The average molecular weight is 306 g/mol. The number of aliphatic hydroxyl groups excluding tert-OH is 1. The Morgan fingerprint density at radius 1 is 1.32 bits per heavy atom. The second kappa shape index (κ2) is 7.31. The number of aliphatic hydroxyl groups is 1. The SMILES string of the molecule is CCC[C@H]1CC(O)=C(C(=O)OC)[C@H](c2ccc(OC)cc2)O1. The van der Waals surface area contributed by atoms with E-state index in [1.165, 1.54) is 7.11 Å². The topological polar surface area (TPSA) is 65.0 Å². The van der Waals surface area contributed by atoms with E-state index in [0.29, 0.717) is 6.42 Å². The van der Waals surface area contributed by atoms with Crippen molar-refractivity contribution in [2.75, 3.05) is 14.2 Å². The van der Waals surface area contributed by atoms with E-state index in [2.05, 4.69) is 6.92 Å². The number of methoxy groups -OCH3 is 2. The summed E-state index contributed by atoms with van der Waals surface area (Å²) < 4.78 is 16.0. The summed E-state index contributed by atoms with van der Waals surface area (Å²) >= 11 is 0. The van der Waals surface area contributed by atoms with E-state index < -0.39 is 12.1 Å². The monoisotopic (exact) mass is 306 g/mol. The summed E-state index contributed by atoms with van der Waals surface area (Å²) in [6.07, 6.45) is 1.38. The summed E-state index contributed by atoms with van der Waals surface area (Å²) in [6.45, 7) is 2.06.